The lowest BCUT2D eigenvalue weighted by Gasteiger charge is -2.36. The van der Waals surface area contributed by atoms with E-state index in [0.717, 1.165) is 44.9 Å². The van der Waals surface area contributed by atoms with Gasteiger partial charge >= 0.3 is 6.09 Å². The average Bonchev–Trinajstić information content (AvgIpc) is 2.86. The molecule has 39 heavy (non-hydrogen) atoms. The zero-order valence-corrected chi connectivity index (χ0v) is 24.8. The number of rotatable bonds is 12. The van der Waals surface area contributed by atoms with E-state index in [1.807, 2.05) is 32.0 Å². The summed E-state index contributed by atoms with van der Waals surface area (Å²) >= 11 is 0. The second-order valence-corrected chi connectivity index (χ2v) is 12.0. The first kappa shape index (κ1) is 32.2. The van der Waals surface area contributed by atoms with E-state index < -0.39 is 23.8 Å². The Balaban J connectivity index is 2.52. The largest absolute Gasteiger partial charge is 0.444 e. The molecule has 1 fully saturated rings. The van der Waals surface area contributed by atoms with Crippen LogP contribution in [0.15, 0.2) is 24.3 Å². The van der Waals surface area contributed by atoms with Crippen molar-refractivity contribution in [2.45, 2.75) is 123 Å². The Hall–Kier alpha value is -3.01. The van der Waals surface area contributed by atoms with E-state index >= 15 is 0 Å². The summed E-state index contributed by atoms with van der Waals surface area (Å²) in [6.07, 6.45) is 13.4. The number of nitrogens with zero attached hydrogens (tertiary/aromatic N) is 1. The smallest absolute Gasteiger partial charge is 0.408 e. The van der Waals surface area contributed by atoms with E-state index in [2.05, 4.69) is 23.5 Å². The highest BCUT2D eigenvalue weighted by molar-refractivity contribution is 5.92. The van der Waals surface area contributed by atoms with Crippen LogP contribution in [0.4, 0.5) is 4.79 Å². The number of nitrogens with one attached hydrogen (secondary N) is 2. The fourth-order valence-corrected chi connectivity index (χ4v) is 5.09. The van der Waals surface area contributed by atoms with Crippen LogP contribution in [-0.2, 0) is 14.3 Å². The monoisotopic (exact) mass is 539 g/mol. The Labute approximate surface area is 235 Å². The lowest BCUT2D eigenvalue weighted by molar-refractivity contribution is -0.143. The minimum Gasteiger partial charge on any atom is -0.444 e. The normalized spacial score (nSPS) is 15.6. The molecule has 0 spiro atoms. The number of terminal acetylenes is 1. The summed E-state index contributed by atoms with van der Waals surface area (Å²) in [5.74, 6) is 2.30. The molecule has 2 atom stereocenters. The van der Waals surface area contributed by atoms with E-state index in [9.17, 15) is 14.4 Å². The molecule has 7 nitrogen and oxygen atoms in total. The highest BCUT2D eigenvalue weighted by Gasteiger charge is 2.37. The number of hydrogen-bond donors (Lipinski definition) is 2. The van der Waals surface area contributed by atoms with Gasteiger partial charge in [0.1, 0.15) is 17.7 Å². The number of carbonyl (C=O) groups is 3. The van der Waals surface area contributed by atoms with Gasteiger partial charge in [0.25, 0.3) is 0 Å². The van der Waals surface area contributed by atoms with Crippen molar-refractivity contribution in [3.05, 3.63) is 35.4 Å². The Bertz CT molecular complexity index is 986. The molecule has 3 amide bonds. The van der Waals surface area contributed by atoms with E-state index in [1.165, 1.54) is 6.42 Å². The summed E-state index contributed by atoms with van der Waals surface area (Å²) < 4.78 is 5.48. The minimum absolute atomic E-state index is 0.0747. The molecule has 1 aromatic carbocycles. The minimum atomic E-state index is -0.904. The van der Waals surface area contributed by atoms with E-state index in [-0.39, 0.29) is 23.8 Å². The van der Waals surface area contributed by atoms with Crippen LogP contribution in [0.1, 0.15) is 116 Å². The molecule has 1 aromatic rings. The third kappa shape index (κ3) is 10.6. The van der Waals surface area contributed by atoms with Gasteiger partial charge in [-0.3, -0.25) is 9.59 Å². The molecule has 2 rings (SSSR count). The lowest BCUT2D eigenvalue weighted by Crippen LogP contribution is -2.54. The fraction of sp³-hybridized carbons (Fsp3) is 0.656. The van der Waals surface area contributed by atoms with Gasteiger partial charge in [-0.15, -0.1) is 6.42 Å². The van der Waals surface area contributed by atoms with Crippen molar-refractivity contribution in [3.63, 3.8) is 0 Å². The third-order valence-corrected chi connectivity index (χ3v) is 6.90. The van der Waals surface area contributed by atoms with Gasteiger partial charge in [-0.05, 0) is 64.0 Å². The number of alkyl carbamates (subject to hydrolysis) is 1. The van der Waals surface area contributed by atoms with Gasteiger partial charge in [-0.25, -0.2) is 4.79 Å². The topological polar surface area (TPSA) is 87.7 Å². The quantitative estimate of drug-likeness (QED) is 0.248. The zero-order valence-electron chi connectivity index (χ0n) is 24.8. The first-order chi connectivity index (χ1) is 18.5. The Morgan fingerprint density at radius 1 is 1.10 bits per heavy atom. The van der Waals surface area contributed by atoms with Crippen molar-refractivity contribution >= 4 is 17.9 Å². The molecule has 1 aliphatic rings. The van der Waals surface area contributed by atoms with E-state index in [4.69, 9.17) is 11.2 Å². The molecule has 1 aliphatic carbocycles. The maximum atomic E-state index is 14.3. The van der Waals surface area contributed by atoms with Crippen molar-refractivity contribution in [3.8, 4) is 12.3 Å². The third-order valence-electron chi connectivity index (χ3n) is 6.90. The molecule has 7 heteroatoms. The summed E-state index contributed by atoms with van der Waals surface area (Å²) in [5.41, 5.74) is 0.499. The van der Waals surface area contributed by atoms with Crippen LogP contribution in [0.2, 0.25) is 0 Å². The molecule has 2 unspecified atom stereocenters. The van der Waals surface area contributed by atoms with Gasteiger partial charge in [0.15, 0.2) is 0 Å². The summed E-state index contributed by atoms with van der Waals surface area (Å²) in [6, 6.07) is 5.64. The Morgan fingerprint density at radius 3 is 2.36 bits per heavy atom. The molecule has 0 aliphatic heterocycles. The van der Waals surface area contributed by atoms with Crippen molar-refractivity contribution in [1.29, 1.82) is 0 Å². The molecule has 2 N–H and O–H groups in total. The maximum Gasteiger partial charge on any atom is 0.408 e. The number of amides is 3. The second kappa shape index (κ2) is 15.5. The van der Waals surface area contributed by atoms with Gasteiger partial charge < -0.3 is 20.3 Å². The second-order valence-electron chi connectivity index (χ2n) is 12.0. The first-order valence-electron chi connectivity index (χ1n) is 14.6. The van der Waals surface area contributed by atoms with Crippen LogP contribution in [0, 0.1) is 18.3 Å². The Kier molecular flexibility index (Phi) is 12.8. The van der Waals surface area contributed by atoms with Crippen LogP contribution >= 0.6 is 0 Å². The lowest BCUT2D eigenvalue weighted by atomic mass is 9.93. The molecule has 0 heterocycles. The number of ether oxygens (including phenoxy) is 1. The highest BCUT2D eigenvalue weighted by atomic mass is 16.6. The molecule has 1 saturated carbocycles. The maximum absolute atomic E-state index is 14.3. The van der Waals surface area contributed by atoms with Gasteiger partial charge in [-0.1, -0.05) is 77.0 Å². The molecule has 216 valence electrons. The van der Waals surface area contributed by atoms with Crippen molar-refractivity contribution < 1.29 is 19.1 Å². The van der Waals surface area contributed by atoms with Gasteiger partial charge in [-0.2, -0.15) is 0 Å². The van der Waals surface area contributed by atoms with Gasteiger partial charge in [0.2, 0.25) is 11.8 Å². The summed E-state index contributed by atoms with van der Waals surface area (Å²) in [6.45, 7) is 11.8. The fourth-order valence-electron chi connectivity index (χ4n) is 5.09. The Morgan fingerprint density at radius 2 is 1.77 bits per heavy atom. The predicted octanol–water partition coefficient (Wildman–Crippen LogP) is 6.12. The van der Waals surface area contributed by atoms with E-state index in [0.29, 0.717) is 24.1 Å². The highest BCUT2D eigenvalue weighted by Crippen LogP contribution is 2.28. The van der Waals surface area contributed by atoms with Crippen LogP contribution < -0.4 is 10.6 Å². The predicted molar refractivity (Wildman–Crippen MR) is 156 cm³/mol. The van der Waals surface area contributed by atoms with Crippen molar-refractivity contribution in [2.24, 2.45) is 5.92 Å². The number of unbranched alkanes of at least 4 members (excludes halogenated alkanes) is 2. The standard InChI is InChI=1S/C32H49N3O4/c1-8-10-16-21-35(30(37)27(22-23(3)4)34-31(38)39-32(5,6)7)28(26-20-15-14-17-24(26)9-2)29(36)33-25-18-12-11-13-19-25/h2,14-15,17,20,23,25,27-28H,8,10-13,16,18-19,21-22H2,1,3-7H3,(H,33,36)(H,34,38). The molecule has 0 bridgehead atoms. The van der Waals surface area contributed by atoms with E-state index in [1.54, 1.807) is 31.7 Å². The van der Waals surface area contributed by atoms with Crippen LogP contribution in [-0.4, -0.2) is 47.0 Å². The van der Waals surface area contributed by atoms with Crippen molar-refractivity contribution in [1.82, 2.24) is 15.5 Å². The summed E-state index contributed by atoms with van der Waals surface area (Å²) in [5, 5.41) is 6.04. The number of carbonyl (C=O) groups excluding carboxylic acids is 3. The summed E-state index contributed by atoms with van der Waals surface area (Å²) in [4.78, 5) is 42.7. The zero-order chi connectivity index (χ0) is 29.0. The first-order valence-corrected chi connectivity index (χ1v) is 14.6. The molecule has 0 aromatic heterocycles. The van der Waals surface area contributed by atoms with Crippen LogP contribution in [0.3, 0.4) is 0 Å². The average molecular weight is 540 g/mol. The van der Waals surface area contributed by atoms with Gasteiger partial charge in [0, 0.05) is 18.2 Å². The van der Waals surface area contributed by atoms with Gasteiger partial charge in [0.05, 0.1) is 0 Å². The van der Waals surface area contributed by atoms with Crippen molar-refractivity contribution in [2.75, 3.05) is 6.54 Å². The van der Waals surface area contributed by atoms with Crippen LogP contribution in [0.25, 0.3) is 0 Å². The summed E-state index contributed by atoms with van der Waals surface area (Å²) in [7, 11) is 0. The molecule has 0 radical (unpaired) electrons. The molecular formula is C32H49N3O4. The molecule has 0 saturated heterocycles. The van der Waals surface area contributed by atoms with Crippen LogP contribution in [0.5, 0.6) is 0 Å². The number of benzene rings is 1. The number of hydrogen-bond acceptors (Lipinski definition) is 4. The SMILES string of the molecule is C#Cc1ccccc1C(C(=O)NC1CCCCC1)N(CCCCC)C(=O)C(CC(C)C)NC(=O)OC(C)(C)C. The molecular weight excluding hydrogens is 490 g/mol.